The molecule has 0 radical (unpaired) electrons. The van der Waals surface area contributed by atoms with Crippen molar-refractivity contribution >= 4 is 18.2 Å². The second-order valence-corrected chi connectivity index (χ2v) is 9.35. The molecule has 2 atom stereocenters. The van der Waals surface area contributed by atoms with E-state index in [2.05, 4.69) is 17.4 Å². The molecule has 8 nitrogen and oxygen atoms in total. The Balaban J connectivity index is 1.17. The topological polar surface area (TPSA) is 105 Å². The predicted molar refractivity (Wildman–Crippen MR) is 136 cm³/mol. The van der Waals surface area contributed by atoms with Crippen molar-refractivity contribution in [1.29, 1.82) is 0 Å². The van der Waals surface area contributed by atoms with Gasteiger partial charge in [0.2, 0.25) is 0 Å². The number of amides is 2. The zero-order chi connectivity index (χ0) is 25.8. The van der Waals surface area contributed by atoms with E-state index in [1.807, 2.05) is 66.7 Å². The molecule has 2 N–H and O–H groups in total. The number of alkyl carbamates (subject to hydrolysis) is 1. The lowest BCUT2D eigenvalue weighted by Crippen LogP contribution is -2.41. The van der Waals surface area contributed by atoms with Crippen LogP contribution in [0.5, 0.6) is 0 Å². The normalized spacial score (nSPS) is 18.1. The average molecular weight is 501 g/mol. The van der Waals surface area contributed by atoms with E-state index in [0.717, 1.165) is 27.8 Å². The molecule has 8 heteroatoms. The number of fused-ring (bicyclic) bond motifs is 3. The number of carboxylic acids is 1. The summed E-state index contributed by atoms with van der Waals surface area (Å²) in [5, 5.41) is 12.4. The van der Waals surface area contributed by atoms with E-state index in [-0.39, 0.29) is 44.6 Å². The maximum Gasteiger partial charge on any atom is 0.410 e. The first-order valence-corrected chi connectivity index (χ1v) is 12.3. The number of carboxylic acid groups (broad SMARTS) is 1. The van der Waals surface area contributed by atoms with Crippen molar-refractivity contribution < 1.29 is 29.0 Å². The highest BCUT2D eigenvalue weighted by Gasteiger charge is 2.41. The van der Waals surface area contributed by atoms with Gasteiger partial charge >= 0.3 is 18.2 Å². The number of likely N-dealkylation sites (tertiary alicyclic amines) is 1. The van der Waals surface area contributed by atoms with Gasteiger partial charge in [0.05, 0.1) is 0 Å². The molecule has 1 aliphatic carbocycles. The van der Waals surface area contributed by atoms with E-state index in [1.54, 1.807) is 0 Å². The number of ether oxygens (including phenoxy) is 2. The van der Waals surface area contributed by atoms with E-state index in [1.165, 1.54) is 4.90 Å². The number of carbonyl (C=O) groups excluding carboxylic acids is 2. The van der Waals surface area contributed by atoms with Crippen molar-refractivity contribution in [3.8, 4) is 11.1 Å². The van der Waals surface area contributed by atoms with Crippen molar-refractivity contribution in [1.82, 2.24) is 10.2 Å². The molecule has 0 saturated carbocycles. The van der Waals surface area contributed by atoms with Gasteiger partial charge in [0.1, 0.15) is 19.3 Å². The quantitative estimate of drug-likeness (QED) is 0.490. The predicted octanol–water partition coefficient (Wildman–Crippen LogP) is 4.64. The molecular formula is C29H28N2O6. The molecule has 3 aromatic rings. The minimum atomic E-state index is -1.09. The zero-order valence-electron chi connectivity index (χ0n) is 20.2. The second kappa shape index (κ2) is 10.7. The molecule has 2 amide bonds. The Hall–Kier alpha value is -4.33. The Morgan fingerprint density at radius 3 is 2.14 bits per heavy atom. The molecule has 3 aromatic carbocycles. The molecule has 190 valence electrons. The third kappa shape index (κ3) is 5.28. The Morgan fingerprint density at radius 1 is 0.865 bits per heavy atom. The maximum atomic E-state index is 13.0. The standard InChI is InChI=1S/C29H28N2O6/c32-27(33)26-14-20(15-30-28(34)36-17-19-8-2-1-3-9-19)16-31(26)29(35)37-18-25-23-12-6-4-10-21(23)22-11-5-7-13-24(22)25/h1-13,20,25-26H,14-18H2,(H,30,34)(H,32,33)/t20-,26-/m1/s1. The minimum absolute atomic E-state index is 0.112. The monoisotopic (exact) mass is 500 g/mol. The number of hydrogen-bond acceptors (Lipinski definition) is 5. The molecule has 1 fully saturated rings. The van der Waals surface area contributed by atoms with Crippen molar-refractivity contribution in [2.75, 3.05) is 19.7 Å². The highest BCUT2D eigenvalue weighted by Crippen LogP contribution is 2.44. The van der Waals surface area contributed by atoms with Crippen LogP contribution >= 0.6 is 0 Å². The Morgan fingerprint density at radius 2 is 1.49 bits per heavy atom. The number of aliphatic carboxylic acids is 1. The summed E-state index contributed by atoms with van der Waals surface area (Å²) in [6.07, 6.45) is -1.03. The smallest absolute Gasteiger partial charge is 0.410 e. The molecule has 2 aliphatic rings. The van der Waals surface area contributed by atoms with Gasteiger partial charge in [-0.2, -0.15) is 0 Å². The Labute approximate surface area is 214 Å². The van der Waals surface area contributed by atoms with Crippen LogP contribution in [0.25, 0.3) is 11.1 Å². The SMILES string of the molecule is O=C(NC[C@H]1C[C@H](C(=O)O)N(C(=O)OCC2c3ccccc3-c3ccccc32)C1)OCc1ccccc1. The van der Waals surface area contributed by atoms with Crippen LogP contribution in [0.3, 0.4) is 0 Å². The van der Waals surface area contributed by atoms with Gasteiger partial charge in [-0.15, -0.1) is 0 Å². The third-order valence-electron chi connectivity index (χ3n) is 6.99. The van der Waals surface area contributed by atoms with Crippen LogP contribution in [0, 0.1) is 5.92 Å². The number of hydrogen-bond donors (Lipinski definition) is 2. The summed E-state index contributed by atoms with van der Waals surface area (Å²) >= 11 is 0. The number of carbonyl (C=O) groups is 3. The van der Waals surface area contributed by atoms with Crippen LogP contribution in [0.1, 0.15) is 29.0 Å². The van der Waals surface area contributed by atoms with Gasteiger partial charge in [-0.05, 0) is 40.2 Å². The van der Waals surface area contributed by atoms with Gasteiger partial charge in [-0.3, -0.25) is 4.90 Å². The van der Waals surface area contributed by atoms with E-state index in [9.17, 15) is 19.5 Å². The zero-order valence-corrected chi connectivity index (χ0v) is 20.2. The van der Waals surface area contributed by atoms with E-state index in [0.29, 0.717) is 0 Å². The number of nitrogens with one attached hydrogen (secondary N) is 1. The summed E-state index contributed by atoms with van der Waals surface area (Å²) in [5.74, 6) is -1.44. The lowest BCUT2D eigenvalue weighted by Gasteiger charge is -2.22. The van der Waals surface area contributed by atoms with Crippen molar-refractivity contribution in [3.05, 3.63) is 95.6 Å². The van der Waals surface area contributed by atoms with Gasteiger partial charge in [0.25, 0.3) is 0 Å². The molecule has 0 bridgehead atoms. The summed E-state index contributed by atoms with van der Waals surface area (Å²) in [4.78, 5) is 38.2. The second-order valence-electron chi connectivity index (χ2n) is 9.35. The van der Waals surface area contributed by atoms with Gasteiger partial charge in [0.15, 0.2) is 0 Å². The van der Waals surface area contributed by atoms with Gasteiger partial charge < -0.3 is 19.9 Å². The first-order valence-electron chi connectivity index (χ1n) is 12.3. The van der Waals surface area contributed by atoms with Crippen LogP contribution in [0.4, 0.5) is 9.59 Å². The number of benzene rings is 3. The molecule has 37 heavy (non-hydrogen) atoms. The lowest BCUT2D eigenvalue weighted by molar-refractivity contribution is -0.141. The molecular weight excluding hydrogens is 472 g/mol. The average Bonchev–Trinajstić information content (AvgIpc) is 3.50. The van der Waals surface area contributed by atoms with E-state index < -0.39 is 24.2 Å². The van der Waals surface area contributed by atoms with Crippen molar-refractivity contribution in [2.24, 2.45) is 5.92 Å². The van der Waals surface area contributed by atoms with E-state index in [4.69, 9.17) is 9.47 Å². The van der Waals surface area contributed by atoms with Crippen LogP contribution in [-0.2, 0) is 20.9 Å². The fourth-order valence-electron chi connectivity index (χ4n) is 5.19. The number of nitrogens with zero attached hydrogens (tertiary/aromatic N) is 1. The number of rotatable bonds is 7. The fourth-order valence-corrected chi connectivity index (χ4v) is 5.19. The van der Waals surface area contributed by atoms with Gasteiger partial charge in [0, 0.05) is 19.0 Å². The molecule has 0 spiro atoms. The first-order chi connectivity index (χ1) is 18.0. The summed E-state index contributed by atoms with van der Waals surface area (Å²) in [5.41, 5.74) is 5.28. The summed E-state index contributed by atoms with van der Waals surface area (Å²) in [6, 6.07) is 24.4. The van der Waals surface area contributed by atoms with Crippen LogP contribution in [-0.4, -0.2) is 53.9 Å². The minimum Gasteiger partial charge on any atom is -0.480 e. The largest absolute Gasteiger partial charge is 0.480 e. The summed E-state index contributed by atoms with van der Waals surface area (Å²) < 4.78 is 10.9. The maximum absolute atomic E-state index is 13.0. The molecule has 1 saturated heterocycles. The van der Waals surface area contributed by atoms with Crippen LogP contribution < -0.4 is 5.32 Å². The Bertz CT molecular complexity index is 1250. The highest BCUT2D eigenvalue weighted by atomic mass is 16.6. The third-order valence-corrected chi connectivity index (χ3v) is 6.99. The lowest BCUT2D eigenvalue weighted by atomic mass is 9.98. The van der Waals surface area contributed by atoms with Crippen molar-refractivity contribution in [3.63, 3.8) is 0 Å². The van der Waals surface area contributed by atoms with E-state index >= 15 is 0 Å². The molecule has 1 heterocycles. The highest BCUT2D eigenvalue weighted by molar-refractivity contribution is 5.81. The summed E-state index contributed by atoms with van der Waals surface area (Å²) in [6.45, 7) is 0.628. The van der Waals surface area contributed by atoms with Gasteiger partial charge in [-0.25, -0.2) is 14.4 Å². The molecule has 0 aromatic heterocycles. The first kappa shape index (κ1) is 24.4. The molecule has 1 aliphatic heterocycles. The van der Waals surface area contributed by atoms with Crippen LogP contribution in [0.15, 0.2) is 78.9 Å². The van der Waals surface area contributed by atoms with Gasteiger partial charge in [-0.1, -0.05) is 78.9 Å². The van der Waals surface area contributed by atoms with Crippen molar-refractivity contribution in [2.45, 2.75) is 25.0 Å². The molecule has 5 rings (SSSR count). The van der Waals surface area contributed by atoms with Crippen LogP contribution in [0.2, 0.25) is 0 Å². The summed E-state index contributed by atoms with van der Waals surface area (Å²) in [7, 11) is 0. The molecule has 0 unspecified atom stereocenters. The Kier molecular flexibility index (Phi) is 7.07. The fraction of sp³-hybridized carbons (Fsp3) is 0.276.